The first kappa shape index (κ1) is 32.5. The number of imidazole rings is 2. The number of nitrogens with one attached hydrogen (secondary N) is 5. The van der Waals surface area contributed by atoms with Gasteiger partial charge in [-0.3, -0.25) is 10.1 Å². The highest BCUT2D eigenvalue weighted by Gasteiger charge is 2.16. The van der Waals surface area contributed by atoms with Gasteiger partial charge < -0.3 is 30.2 Å². The molecule has 0 saturated heterocycles. The molecule has 0 radical (unpaired) electrons. The number of hydrogen-bond acceptors (Lipinski definition) is 6. The zero-order chi connectivity index (χ0) is 33.0. The lowest BCUT2D eigenvalue weighted by Gasteiger charge is -2.21. The molecule has 0 saturated carbocycles. The third kappa shape index (κ3) is 9.07. The fourth-order valence-electron chi connectivity index (χ4n) is 5.00. The third-order valence-corrected chi connectivity index (χ3v) is 7.46. The van der Waals surface area contributed by atoms with Gasteiger partial charge in [-0.05, 0) is 40.7 Å². The van der Waals surface area contributed by atoms with Crippen molar-refractivity contribution < 1.29 is 19.1 Å². The van der Waals surface area contributed by atoms with Crippen molar-refractivity contribution in [2.24, 2.45) is 0 Å². The van der Waals surface area contributed by atoms with Crippen molar-refractivity contribution in [3.05, 3.63) is 103 Å². The van der Waals surface area contributed by atoms with Gasteiger partial charge in [0.1, 0.15) is 12.4 Å². The second-order valence-corrected chi connectivity index (χ2v) is 10.8. The monoisotopic (exact) mass is 634 g/mol. The second-order valence-electron chi connectivity index (χ2n) is 10.8. The van der Waals surface area contributed by atoms with Crippen LogP contribution in [0.1, 0.15) is 24.7 Å². The summed E-state index contributed by atoms with van der Waals surface area (Å²) in [7, 11) is 1.26. The minimum atomic E-state index is -0.646. The van der Waals surface area contributed by atoms with Gasteiger partial charge >= 0.3 is 12.1 Å². The van der Waals surface area contributed by atoms with E-state index in [0.717, 1.165) is 52.0 Å². The summed E-state index contributed by atoms with van der Waals surface area (Å²) in [6, 6.07) is 25.9. The van der Waals surface area contributed by atoms with Crippen molar-refractivity contribution >= 4 is 24.0 Å². The number of H-pyrrole nitrogens is 2. The first-order valence-electron chi connectivity index (χ1n) is 15.4. The molecule has 3 aromatic carbocycles. The molecule has 0 bridgehead atoms. The smallest absolute Gasteiger partial charge is 0.407 e. The highest BCUT2D eigenvalue weighted by molar-refractivity contribution is 5.87. The molecule has 0 unspecified atom stereocenters. The number of carbonyl (C=O) groups is 3. The topological polar surface area (TPSA) is 157 Å². The van der Waals surface area contributed by atoms with Crippen molar-refractivity contribution in [3.63, 3.8) is 0 Å². The molecule has 0 aliphatic carbocycles. The molecule has 5 N–H and O–H groups in total. The van der Waals surface area contributed by atoms with Crippen molar-refractivity contribution in [1.29, 1.82) is 0 Å². The van der Waals surface area contributed by atoms with E-state index in [-0.39, 0.29) is 18.5 Å². The molecule has 47 heavy (non-hydrogen) atoms. The van der Waals surface area contributed by atoms with Crippen LogP contribution in [0.2, 0.25) is 0 Å². The van der Waals surface area contributed by atoms with Gasteiger partial charge in [-0.25, -0.2) is 19.6 Å². The van der Waals surface area contributed by atoms with Crippen LogP contribution in [0, 0.1) is 0 Å². The number of hydrogen-bond donors (Lipinski definition) is 5. The molecule has 5 aromatic rings. The van der Waals surface area contributed by atoms with E-state index < -0.39 is 6.09 Å². The number of ether oxygens (including phenoxy) is 1. The molecule has 2 heterocycles. The predicted octanol–water partition coefficient (Wildman–Crippen LogP) is 5.59. The van der Waals surface area contributed by atoms with E-state index in [1.165, 1.54) is 7.11 Å². The molecular weight excluding hydrogens is 596 g/mol. The maximum atomic E-state index is 12.6. The minimum absolute atomic E-state index is 0.141. The van der Waals surface area contributed by atoms with Crippen molar-refractivity contribution in [3.8, 4) is 33.6 Å². The zero-order valence-corrected chi connectivity index (χ0v) is 26.4. The van der Waals surface area contributed by atoms with E-state index in [2.05, 4.69) is 40.6 Å². The van der Waals surface area contributed by atoms with E-state index in [9.17, 15) is 14.4 Å². The van der Waals surface area contributed by atoms with Crippen LogP contribution in [-0.4, -0.2) is 69.6 Å². The van der Waals surface area contributed by atoms with E-state index in [4.69, 9.17) is 0 Å². The van der Waals surface area contributed by atoms with Crippen LogP contribution in [0.15, 0.2) is 91.3 Å². The Labute approximate surface area is 273 Å². The van der Waals surface area contributed by atoms with Gasteiger partial charge in [0, 0.05) is 13.1 Å². The number of rotatable bonds is 13. The zero-order valence-electron chi connectivity index (χ0n) is 26.4. The molecule has 0 spiro atoms. The number of methoxy groups -OCH3 is 1. The first-order chi connectivity index (χ1) is 22.9. The van der Waals surface area contributed by atoms with Crippen LogP contribution in [0.4, 0.5) is 15.5 Å². The van der Waals surface area contributed by atoms with E-state index in [1.54, 1.807) is 17.3 Å². The Morgan fingerprint density at radius 2 is 1.40 bits per heavy atom. The number of aromatic amines is 2. The maximum Gasteiger partial charge on any atom is 0.407 e. The summed E-state index contributed by atoms with van der Waals surface area (Å²) in [4.78, 5) is 53.1. The third-order valence-electron chi connectivity index (χ3n) is 7.46. The van der Waals surface area contributed by atoms with E-state index >= 15 is 0 Å². The quantitative estimate of drug-likeness (QED) is 0.114. The number of alkyl carbamates (subject to hydrolysis) is 1. The van der Waals surface area contributed by atoms with Gasteiger partial charge in [0.05, 0.1) is 37.4 Å². The number of amides is 4. The molecule has 12 heteroatoms. The summed E-state index contributed by atoms with van der Waals surface area (Å²) in [5.41, 5.74) is 6.80. The minimum Gasteiger partial charge on any atom is -0.453 e. The van der Waals surface area contributed by atoms with E-state index in [1.807, 2.05) is 85.8 Å². The number of anilines is 1. The predicted molar refractivity (Wildman–Crippen MR) is 180 cm³/mol. The lowest BCUT2D eigenvalue weighted by molar-refractivity contribution is -0.130. The second kappa shape index (κ2) is 15.9. The van der Waals surface area contributed by atoms with Crippen LogP contribution >= 0.6 is 0 Å². The van der Waals surface area contributed by atoms with Gasteiger partial charge in [0.25, 0.3) is 0 Å². The first-order valence-corrected chi connectivity index (χ1v) is 15.4. The van der Waals surface area contributed by atoms with Crippen LogP contribution in [0.5, 0.6) is 0 Å². The molecule has 4 amide bonds. The van der Waals surface area contributed by atoms with Crippen LogP contribution in [-0.2, 0) is 22.5 Å². The van der Waals surface area contributed by atoms with Crippen LogP contribution in [0.3, 0.4) is 0 Å². The van der Waals surface area contributed by atoms with Crippen molar-refractivity contribution in [2.75, 3.05) is 32.1 Å². The average molecular weight is 635 g/mol. The van der Waals surface area contributed by atoms with Gasteiger partial charge in [-0.2, -0.15) is 0 Å². The van der Waals surface area contributed by atoms with Gasteiger partial charge in [-0.15, -0.1) is 0 Å². The number of urea groups is 1. The number of aromatic nitrogens is 4. The largest absolute Gasteiger partial charge is 0.453 e. The van der Waals surface area contributed by atoms with Gasteiger partial charge in [0.15, 0.2) is 0 Å². The molecule has 12 nitrogen and oxygen atoms in total. The summed E-state index contributed by atoms with van der Waals surface area (Å²) < 4.78 is 4.54. The number of nitrogens with zero attached hydrogens (tertiary/aromatic N) is 3. The summed E-state index contributed by atoms with van der Waals surface area (Å²) in [5.74, 6) is 0.812. The highest BCUT2D eigenvalue weighted by atomic mass is 16.5. The molecule has 242 valence electrons. The molecule has 0 aliphatic rings. The van der Waals surface area contributed by atoms with Gasteiger partial charge in [0.2, 0.25) is 11.9 Å². The Kier molecular flexibility index (Phi) is 11.0. The summed E-state index contributed by atoms with van der Waals surface area (Å²) in [5, 5.41) is 8.03. The standard InChI is InChI=1S/C35H38N8O4/c1-3-19-43(32(44)22-39-35(46)47-2)23-31-37-20-29(40-31)27-13-9-25(10-14-27)26-11-15-28(16-12-26)30-21-38-33(41-30)42-34(45)36-18-17-24-7-5-4-6-8-24/h4-16,20-21H,3,17-19,22-23H2,1-2H3,(H,37,40)(H,39,46)(H3,36,38,41,42,45). The molecular formula is C35H38N8O4. The molecule has 0 atom stereocenters. The summed E-state index contributed by atoms with van der Waals surface area (Å²) >= 11 is 0. The van der Waals surface area contributed by atoms with Crippen molar-refractivity contribution in [1.82, 2.24) is 35.5 Å². The summed E-state index contributed by atoms with van der Waals surface area (Å²) in [6.07, 6.45) is 4.32. The summed E-state index contributed by atoms with van der Waals surface area (Å²) in [6.45, 7) is 3.21. The van der Waals surface area contributed by atoms with Gasteiger partial charge in [-0.1, -0.05) is 85.8 Å². The Morgan fingerprint density at radius 1 is 0.787 bits per heavy atom. The average Bonchev–Trinajstić information content (AvgIpc) is 3.77. The lowest BCUT2D eigenvalue weighted by atomic mass is 10.0. The fourth-order valence-corrected chi connectivity index (χ4v) is 5.00. The normalized spacial score (nSPS) is 10.7. The van der Waals surface area contributed by atoms with Crippen LogP contribution in [0.25, 0.3) is 33.6 Å². The Bertz CT molecular complexity index is 1770. The SMILES string of the molecule is CCCN(Cc1ncc(-c2ccc(-c3ccc(-c4cnc(NC(=O)NCCc5ccccc5)[nH]4)cc3)cc2)[nH]1)C(=O)CNC(=O)OC. The lowest BCUT2D eigenvalue weighted by Crippen LogP contribution is -2.40. The van der Waals surface area contributed by atoms with E-state index in [0.29, 0.717) is 31.4 Å². The highest BCUT2D eigenvalue weighted by Crippen LogP contribution is 2.27. The Balaban J connectivity index is 1.14. The number of benzene rings is 3. The molecule has 5 rings (SSSR count). The molecule has 2 aromatic heterocycles. The van der Waals surface area contributed by atoms with Crippen LogP contribution < -0.4 is 16.0 Å². The molecule has 0 aliphatic heterocycles. The Hall–Kier alpha value is -5.91. The van der Waals surface area contributed by atoms with Crippen molar-refractivity contribution in [2.45, 2.75) is 26.3 Å². The maximum absolute atomic E-state index is 12.6. The number of carbonyl (C=O) groups excluding carboxylic acids is 3. The molecule has 0 fully saturated rings. The fraction of sp³-hybridized carbons (Fsp3) is 0.229. The Morgan fingerprint density at radius 3 is 2.04 bits per heavy atom.